The Morgan fingerprint density at radius 1 is 1.07 bits per heavy atom. The van der Waals surface area contributed by atoms with Crippen LogP contribution in [-0.2, 0) is 4.79 Å². The van der Waals surface area contributed by atoms with Crippen LogP contribution in [-0.4, -0.2) is 16.4 Å². The van der Waals surface area contributed by atoms with E-state index in [1.807, 2.05) is 0 Å². The number of carbonyl (C=O) groups is 1. The summed E-state index contributed by atoms with van der Waals surface area (Å²) in [4.78, 5) is 10.1. The van der Waals surface area contributed by atoms with E-state index in [-0.39, 0.29) is 0 Å². The zero-order valence-electron chi connectivity index (χ0n) is 8.54. The van der Waals surface area contributed by atoms with Crippen molar-refractivity contribution in [2.24, 2.45) is 0 Å². The molecule has 1 N–H and O–H groups in total. The Bertz CT molecular complexity index is 167. The molecule has 0 heterocycles. The first-order chi connectivity index (χ1) is 6.77. The highest BCUT2D eigenvalue weighted by atomic mass is 79.9. The van der Waals surface area contributed by atoms with Gasteiger partial charge in [-0.1, -0.05) is 47.7 Å². The van der Waals surface area contributed by atoms with Crippen molar-refractivity contribution in [1.29, 1.82) is 0 Å². The summed E-state index contributed by atoms with van der Waals surface area (Å²) in [5.74, 6) is -0.845. The van der Waals surface area contributed by atoms with Gasteiger partial charge in [-0.05, 0) is 19.3 Å². The van der Waals surface area contributed by atoms with E-state index in [9.17, 15) is 4.79 Å². The van der Waals surface area contributed by atoms with Crippen LogP contribution < -0.4 is 0 Å². The molecule has 0 aromatic heterocycles. The number of aliphatic carboxylic acids is 1. The normalized spacial score (nSPS) is 10.9. The molecule has 0 atom stereocenters. The number of hydrogen-bond acceptors (Lipinski definition) is 1. The van der Waals surface area contributed by atoms with Gasteiger partial charge in [-0.3, -0.25) is 0 Å². The molecule has 0 amide bonds. The maximum Gasteiger partial charge on any atom is 0.327 e. The molecule has 0 aliphatic heterocycles. The van der Waals surface area contributed by atoms with Gasteiger partial charge in [0.1, 0.15) is 0 Å². The van der Waals surface area contributed by atoms with Gasteiger partial charge in [0.15, 0.2) is 0 Å². The molecule has 0 aliphatic rings. The summed E-state index contributed by atoms with van der Waals surface area (Å²) in [5.41, 5.74) is 0. The average Bonchev–Trinajstić information content (AvgIpc) is 2.15. The van der Waals surface area contributed by atoms with Gasteiger partial charge in [-0.2, -0.15) is 0 Å². The molecular formula is C11H19BrO2. The van der Waals surface area contributed by atoms with E-state index in [1.165, 1.54) is 38.2 Å². The van der Waals surface area contributed by atoms with Crippen LogP contribution in [0.15, 0.2) is 12.2 Å². The average molecular weight is 263 g/mol. The summed E-state index contributed by atoms with van der Waals surface area (Å²) < 4.78 is 0. The van der Waals surface area contributed by atoms with Crippen molar-refractivity contribution in [3.63, 3.8) is 0 Å². The lowest BCUT2D eigenvalue weighted by Crippen LogP contribution is -1.85. The Morgan fingerprint density at radius 2 is 1.64 bits per heavy atom. The van der Waals surface area contributed by atoms with Crippen molar-refractivity contribution < 1.29 is 9.90 Å². The van der Waals surface area contributed by atoms with E-state index in [2.05, 4.69) is 15.9 Å². The van der Waals surface area contributed by atoms with Crippen molar-refractivity contribution in [3.05, 3.63) is 12.2 Å². The summed E-state index contributed by atoms with van der Waals surface area (Å²) in [5, 5.41) is 9.43. The van der Waals surface area contributed by atoms with Crippen molar-refractivity contribution >= 4 is 21.9 Å². The van der Waals surface area contributed by atoms with Gasteiger partial charge in [0.05, 0.1) is 0 Å². The number of rotatable bonds is 9. The fourth-order valence-electron chi connectivity index (χ4n) is 1.25. The first-order valence-electron chi connectivity index (χ1n) is 5.23. The molecule has 0 aromatic carbocycles. The number of carboxylic acids is 1. The second-order valence-electron chi connectivity index (χ2n) is 3.34. The van der Waals surface area contributed by atoms with E-state index in [1.54, 1.807) is 6.08 Å². The van der Waals surface area contributed by atoms with Crippen LogP contribution in [0, 0.1) is 0 Å². The van der Waals surface area contributed by atoms with Crippen LogP contribution in [0.1, 0.15) is 44.9 Å². The second kappa shape index (κ2) is 10.8. The third-order valence-electron chi connectivity index (χ3n) is 2.01. The fourth-order valence-corrected chi connectivity index (χ4v) is 1.64. The van der Waals surface area contributed by atoms with Crippen molar-refractivity contribution in [3.8, 4) is 0 Å². The molecule has 14 heavy (non-hydrogen) atoms. The van der Waals surface area contributed by atoms with E-state index >= 15 is 0 Å². The summed E-state index contributed by atoms with van der Waals surface area (Å²) in [7, 11) is 0. The highest BCUT2D eigenvalue weighted by molar-refractivity contribution is 9.09. The molecule has 0 fully saturated rings. The number of hydrogen-bond donors (Lipinski definition) is 1. The van der Waals surface area contributed by atoms with E-state index in [0.29, 0.717) is 0 Å². The van der Waals surface area contributed by atoms with Gasteiger partial charge in [0.2, 0.25) is 0 Å². The highest BCUT2D eigenvalue weighted by Crippen LogP contribution is 2.08. The minimum absolute atomic E-state index is 0.845. The van der Waals surface area contributed by atoms with Crippen LogP contribution in [0.3, 0.4) is 0 Å². The molecule has 2 nitrogen and oxygen atoms in total. The second-order valence-corrected chi connectivity index (χ2v) is 4.13. The SMILES string of the molecule is O=C(O)C=CCCCCCCCCBr. The predicted octanol–water partition coefficient (Wildman–Crippen LogP) is 3.75. The molecule has 0 bridgehead atoms. The fraction of sp³-hybridized carbons (Fsp3) is 0.727. The predicted molar refractivity (Wildman–Crippen MR) is 62.9 cm³/mol. The molecule has 0 rings (SSSR count). The van der Waals surface area contributed by atoms with Crippen LogP contribution in [0.5, 0.6) is 0 Å². The lowest BCUT2D eigenvalue weighted by atomic mass is 10.1. The molecule has 82 valence electrons. The number of alkyl halides is 1. The Morgan fingerprint density at radius 3 is 2.21 bits per heavy atom. The number of unbranched alkanes of at least 4 members (excludes halogenated alkanes) is 6. The van der Waals surface area contributed by atoms with E-state index < -0.39 is 5.97 Å². The van der Waals surface area contributed by atoms with Crippen LogP contribution in [0.4, 0.5) is 0 Å². The molecule has 3 heteroatoms. The lowest BCUT2D eigenvalue weighted by molar-refractivity contribution is -0.131. The Labute approximate surface area is 94.5 Å². The van der Waals surface area contributed by atoms with Gasteiger partial charge in [-0.25, -0.2) is 4.79 Å². The maximum absolute atomic E-state index is 10.1. The molecule has 0 saturated heterocycles. The largest absolute Gasteiger partial charge is 0.478 e. The highest BCUT2D eigenvalue weighted by Gasteiger charge is 1.90. The van der Waals surface area contributed by atoms with Gasteiger partial charge in [-0.15, -0.1) is 0 Å². The third-order valence-corrected chi connectivity index (χ3v) is 2.58. The Balaban J connectivity index is 3.02. The molecule has 0 aliphatic carbocycles. The Hall–Kier alpha value is -0.310. The molecule has 0 spiro atoms. The zero-order valence-corrected chi connectivity index (χ0v) is 10.1. The summed E-state index contributed by atoms with van der Waals surface area (Å²) in [6.07, 6.45) is 11.3. The maximum atomic E-state index is 10.1. The third kappa shape index (κ3) is 11.7. The van der Waals surface area contributed by atoms with Crippen molar-refractivity contribution in [1.82, 2.24) is 0 Å². The Kier molecular flexibility index (Phi) is 10.5. The molecule has 0 aromatic rings. The number of allylic oxidation sites excluding steroid dienone is 1. The number of carboxylic acid groups (broad SMARTS) is 1. The lowest BCUT2D eigenvalue weighted by Gasteiger charge is -1.98. The first kappa shape index (κ1) is 13.7. The van der Waals surface area contributed by atoms with Crippen LogP contribution in [0.2, 0.25) is 0 Å². The minimum Gasteiger partial charge on any atom is -0.478 e. The van der Waals surface area contributed by atoms with Gasteiger partial charge in [0, 0.05) is 11.4 Å². The quantitative estimate of drug-likeness (QED) is 0.391. The van der Waals surface area contributed by atoms with E-state index in [0.717, 1.165) is 18.2 Å². The van der Waals surface area contributed by atoms with E-state index in [4.69, 9.17) is 5.11 Å². The van der Waals surface area contributed by atoms with Crippen molar-refractivity contribution in [2.45, 2.75) is 44.9 Å². The summed E-state index contributed by atoms with van der Waals surface area (Å²) >= 11 is 3.40. The smallest absolute Gasteiger partial charge is 0.327 e. The number of halogens is 1. The molecular weight excluding hydrogens is 244 g/mol. The molecule has 0 radical (unpaired) electrons. The summed E-state index contributed by atoms with van der Waals surface area (Å²) in [6, 6.07) is 0. The first-order valence-corrected chi connectivity index (χ1v) is 6.35. The van der Waals surface area contributed by atoms with Gasteiger partial charge in [0.25, 0.3) is 0 Å². The van der Waals surface area contributed by atoms with Gasteiger partial charge >= 0.3 is 5.97 Å². The zero-order chi connectivity index (χ0) is 10.6. The molecule has 0 unspecified atom stereocenters. The monoisotopic (exact) mass is 262 g/mol. The molecule has 0 saturated carbocycles. The van der Waals surface area contributed by atoms with Crippen LogP contribution in [0.25, 0.3) is 0 Å². The van der Waals surface area contributed by atoms with Crippen LogP contribution >= 0.6 is 15.9 Å². The van der Waals surface area contributed by atoms with Gasteiger partial charge < -0.3 is 5.11 Å². The van der Waals surface area contributed by atoms with Crippen molar-refractivity contribution in [2.75, 3.05) is 5.33 Å². The minimum atomic E-state index is -0.845. The topological polar surface area (TPSA) is 37.3 Å². The summed E-state index contributed by atoms with van der Waals surface area (Å²) in [6.45, 7) is 0. The standard InChI is InChI=1S/C11H19BrO2/c12-10-8-6-4-2-1-3-5-7-9-11(13)14/h7,9H,1-6,8,10H2,(H,13,14).